The summed E-state index contributed by atoms with van der Waals surface area (Å²) in [4.78, 5) is 10.2. The van der Waals surface area contributed by atoms with E-state index < -0.39 is 17.7 Å². The molecule has 0 unspecified atom stereocenters. The summed E-state index contributed by atoms with van der Waals surface area (Å²) in [7, 11) is 0. The van der Waals surface area contributed by atoms with E-state index in [4.69, 9.17) is 5.11 Å². The van der Waals surface area contributed by atoms with Crippen molar-refractivity contribution in [1.29, 1.82) is 0 Å². The highest BCUT2D eigenvalue weighted by molar-refractivity contribution is 9.10. The van der Waals surface area contributed by atoms with Gasteiger partial charge < -0.3 is 5.11 Å². The summed E-state index contributed by atoms with van der Waals surface area (Å²) in [6.07, 6.45) is -2.57. The predicted molar refractivity (Wildman–Crippen MR) is 55.8 cm³/mol. The Labute approximate surface area is 97.5 Å². The zero-order valence-corrected chi connectivity index (χ0v) is 9.34. The van der Waals surface area contributed by atoms with Gasteiger partial charge in [-0.25, -0.2) is 4.79 Å². The molecule has 0 bridgehead atoms. The van der Waals surface area contributed by atoms with Crippen LogP contribution in [0.2, 0.25) is 0 Å². The van der Waals surface area contributed by atoms with E-state index in [-0.39, 0.29) is 10.0 Å². The van der Waals surface area contributed by atoms with Gasteiger partial charge in [-0.3, -0.25) is 0 Å². The minimum absolute atomic E-state index is 0.170. The van der Waals surface area contributed by atoms with Crippen molar-refractivity contribution < 1.29 is 23.1 Å². The molecule has 0 atom stereocenters. The summed E-state index contributed by atoms with van der Waals surface area (Å²) in [5.74, 6) is -1.21. The number of rotatable bonds is 2. The van der Waals surface area contributed by atoms with Crippen LogP contribution in [-0.2, 0) is 11.0 Å². The van der Waals surface area contributed by atoms with Crippen LogP contribution < -0.4 is 0 Å². The summed E-state index contributed by atoms with van der Waals surface area (Å²) in [6.45, 7) is 0. The minimum Gasteiger partial charge on any atom is -0.478 e. The summed E-state index contributed by atoms with van der Waals surface area (Å²) >= 11 is 2.93. The monoisotopic (exact) mass is 294 g/mol. The molecule has 0 aliphatic heterocycles. The number of carboxylic acids is 1. The van der Waals surface area contributed by atoms with Crippen LogP contribution in [0.5, 0.6) is 0 Å². The van der Waals surface area contributed by atoms with Crippen LogP contribution in [-0.4, -0.2) is 11.1 Å². The van der Waals surface area contributed by atoms with E-state index in [0.29, 0.717) is 0 Å². The maximum Gasteiger partial charge on any atom is 0.416 e. The third kappa shape index (κ3) is 3.69. The van der Waals surface area contributed by atoms with Crippen LogP contribution in [0.4, 0.5) is 13.2 Å². The van der Waals surface area contributed by atoms with Gasteiger partial charge in [-0.05, 0) is 29.8 Å². The second-order valence-corrected chi connectivity index (χ2v) is 3.86. The number of carbonyl (C=O) groups is 1. The topological polar surface area (TPSA) is 37.3 Å². The summed E-state index contributed by atoms with van der Waals surface area (Å²) in [5.41, 5.74) is -0.656. The normalized spacial score (nSPS) is 12.0. The minimum atomic E-state index is -4.45. The molecule has 6 heteroatoms. The largest absolute Gasteiger partial charge is 0.478 e. The van der Waals surface area contributed by atoms with Crippen LogP contribution in [0.1, 0.15) is 11.1 Å². The molecule has 0 amide bonds. The van der Waals surface area contributed by atoms with Crippen LogP contribution in [0.25, 0.3) is 6.08 Å². The fourth-order valence-corrected chi connectivity index (χ4v) is 1.55. The van der Waals surface area contributed by atoms with Gasteiger partial charge >= 0.3 is 12.1 Å². The number of alkyl halides is 3. The predicted octanol–water partition coefficient (Wildman–Crippen LogP) is 3.57. The highest BCUT2D eigenvalue weighted by Crippen LogP contribution is 2.32. The lowest BCUT2D eigenvalue weighted by atomic mass is 10.1. The van der Waals surface area contributed by atoms with Crippen molar-refractivity contribution in [2.45, 2.75) is 6.18 Å². The summed E-state index contributed by atoms with van der Waals surface area (Å²) in [6, 6.07) is 3.21. The molecule has 0 aliphatic carbocycles. The molecule has 0 saturated carbocycles. The van der Waals surface area contributed by atoms with Crippen LogP contribution >= 0.6 is 15.9 Å². The number of hydrogen-bond acceptors (Lipinski definition) is 1. The van der Waals surface area contributed by atoms with Gasteiger partial charge in [-0.15, -0.1) is 0 Å². The number of benzene rings is 1. The van der Waals surface area contributed by atoms with Gasteiger partial charge in [0, 0.05) is 10.5 Å². The highest BCUT2D eigenvalue weighted by Gasteiger charge is 2.30. The molecular weight excluding hydrogens is 289 g/mol. The van der Waals surface area contributed by atoms with E-state index in [9.17, 15) is 18.0 Å². The van der Waals surface area contributed by atoms with E-state index in [1.807, 2.05) is 0 Å². The zero-order chi connectivity index (χ0) is 12.3. The number of halogens is 4. The van der Waals surface area contributed by atoms with Gasteiger partial charge in [-0.1, -0.05) is 15.9 Å². The third-order valence-corrected chi connectivity index (χ3v) is 2.12. The van der Waals surface area contributed by atoms with Crippen LogP contribution in [0.3, 0.4) is 0 Å². The van der Waals surface area contributed by atoms with E-state index in [0.717, 1.165) is 24.3 Å². The summed E-state index contributed by atoms with van der Waals surface area (Å²) in [5, 5.41) is 8.35. The standard InChI is InChI=1S/C10H6BrF3O2/c11-8-4-6(1-2-9(15)16)3-7(5-8)10(12,13)14/h1-5H,(H,15,16). The number of carboxylic acid groups (broad SMARTS) is 1. The molecule has 1 aromatic carbocycles. The lowest BCUT2D eigenvalue weighted by molar-refractivity contribution is -0.137. The van der Waals surface area contributed by atoms with Gasteiger partial charge in [0.1, 0.15) is 0 Å². The molecular formula is C10H6BrF3O2. The highest BCUT2D eigenvalue weighted by atomic mass is 79.9. The Kier molecular flexibility index (Phi) is 3.74. The Bertz CT molecular complexity index is 438. The van der Waals surface area contributed by atoms with Crippen LogP contribution in [0, 0.1) is 0 Å². The first-order valence-electron chi connectivity index (χ1n) is 4.08. The van der Waals surface area contributed by atoms with Gasteiger partial charge in [0.05, 0.1) is 5.56 Å². The molecule has 0 saturated heterocycles. The zero-order valence-electron chi connectivity index (χ0n) is 7.75. The fraction of sp³-hybridized carbons (Fsp3) is 0.100. The average molecular weight is 295 g/mol. The Morgan fingerprint density at radius 3 is 2.44 bits per heavy atom. The SMILES string of the molecule is O=C(O)C=Cc1cc(Br)cc(C(F)(F)F)c1. The van der Waals surface area contributed by atoms with Crippen molar-refractivity contribution >= 4 is 28.0 Å². The lowest BCUT2D eigenvalue weighted by Gasteiger charge is -2.08. The molecule has 86 valence electrons. The first-order valence-corrected chi connectivity index (χ1v) is 4.87. The molecule has 0 aromatic heterocycles. The smallest absolute Gasteiger partial charge is 0.416 e. The average Bonchev–Trinajstić information content (AvgIpc) is 2.12. The van der Waals surface area contributed by atoms with Crippen molar-refractivity contribution in [3.63, 3.8) is 0 Å². The molecule has 0 fully saturated rings. The first-order chi connectivity index (χ1) is 7.29. The van der Waals surface area contributed by atoms with Crippen molar-refractivity contribution in [3.8, 4) is 0 Å². The van der Waals surface area contributed by atoms with Crippen molar-refractivity contribution in [2.24, 2.45) is 0 Å². The Hall–Kier alpha value is -1.30. The maximum absolute atomic E-state index is 12.4. The molecule has 1 aromatic rings. The van der Waals surface area contributed by atoms with Gasteiger partial charge in [0.2, 0.25) is 0 Å². The van der Waals surface area contributed by atoms with E-state index in [2.05, 4.69) is 15.9 Å². The molecule has 0 aliphatic rings. The Morgan fingerprint density at radius 1 is 1.31 bits per heavy atom. The van der Waals surface area contributed by atoms with Gasteiger partial charge in [0.15, 0.2) is 0 Å². The maximum atomic E-state index is 12.4. The second kappa shape index (κ2) is 4.69. The molecule has 16 heavy (non-hydrogen) atoms. The molecule has 0 radical (unpaired) electrons. The van der Waals surface area contributed by atoms with Crippen molar-refractivity contribution in [3.05, 3.63) is 39.9 Å². The first kappa shape index (κ1) is 12.8. The number of hydrogen-bond donors (Lipinski definition) is 1. The summed E-state index contributed by atoms with van der Waals surface area (Å²) < 4.78 is 37.4. The van der Waals surface area contributed by atoms with Gasteiger partial charge in [-0.2, -0.15) is 13.2 Å². The quantitative estimate of drug-likeness (QED) is 0.847. The molecule has 1 N–H and O–H groups in total. The molecule has 0 heterocycles. The van der Waals surface area contributed by atoms with Crippen molar-refractivity contribution in [2.75, 3.05) is 0 Å². The van der Waals surface area contributed by atoms with Crippen molar-refractivity contribution in [1.82, 2.24) is 0 Å². The third-order valence-electron chi connectivity index (χ3n) is 1.67. The fourth-order valence-electron chi connectivity index (χ4n) is 1.04. The molecule has 2 nitrogen and oxygen atoms in total. The van der Waals surface area contributed by atoms with Crippen LogP contribution in [0.15, 0.2) is 28.7 Å². The van der Waals surface area contributed by atoms with Gasteiger partial charge in [0.25, 0.3) is 0 Å². The van der Waals surface area contributed by atoms with E-state index in [1.165, 1.54) is 6.07 Å². The van der Waals surface area contributed by atoms with E-state index in [1.54, 1.807) is 0 Å². The Morgan fingerprint density at radius 2 is 1.94 bits per heavy atom. The lowest BCUT2D eigenvalue weighted by Crippen LogP contribution is -2.05. The van der Waals surface area contributed by atoms with E-state index >= 15 is 0 Å². The second-order valence-electron chi connectivity index (χ2n) is 2.94. The molecule has 0 spiro atoms. The number of aliphatic carboxylic acids is 1. The molecule has 1 rings (SSSR count). The Balaban J connectivity index is 3.13.